The molecule has 5 nitrogen and oxygen atoms in total. The maximum atomic E-state index is 12.2. The average molecular weight is 318 g/mol. The third-order valence-corrected chi connectivity index (χ3v) is 4.30. The van der Waals surface area contributed by atoms with Gasteiger partial charge in [0.1, 0.15) is 5.75 Å². The van der Waals surface area contributed by atoms with Gasteiger partial charge in [-0.25, -0.2) is 0 Å². The van der Waals surface area contributed by atoms with E-state index in [2.05, 4.69) is 5.32 Å². The zero-order valence-corrected chi connectivity index (χ0v) is 14.0. The van der Waals surface area contributed by atoms with Gasteiger partial charge in [-0.15, -0.1) is 0 Å². The number of hydrogen-bond donors (Lipinski definition) is 1. The highest BCUT2D eigenvalue weighted by atomic mass is 16.5. The Kier molecular flexibility index (Phi) is 6.59. The van der Waals surface area contributed by atoms with Crippen molar-refractivity contribution in [3.8, 4) is 5.75 Å². The maximum absolute atomic E-state index is 12.2. The molecular formula is C18H26N2O3. The Balaban J connectivity index is 1.68. The molecule has 0 atom stereocenters. The lowest BCUT2D eigenvalue weighted by molar-refractivity contribution is -0.132. The van der Waals surface area contributed by atoms with Gasteiger partial charge < -0.3 is 15.0 Å². The summed E-state index contributed by atoms with van der Waals surface area (Å²) >= 11 is 0. The molecule has 0 spiro atoms. The number of ketones is 1. The lowest BCUT2D eigenvalue weighted by atomic mass is 10.0. The SMILES string of the molecule is CNC1CCN(C(=O)CCCOc2cccc(C(C)=O)c2)CC1. The molecule has 0 aliphatic carbocycles. The first kappa shape index (κ1) is 17.5. The molecule has 1 heterocycles. The second-order valence-electron chi connectivity index (χ2n) is 5.98. The summed E-state index contributed by atoms with van der Waals surface area (Å²) in [7, 11) is 1.97. The van der Waals surface area contributed by atoms with E-state index in [0.717, 1.165) is 25.9 Å². The summed E-state index contributed by atoms with van der Waals surface area (Å²) in [5.74, 6) is 0.913. The number of carbonyl (C=O) groups is 2. The smallest absolute Gasteiger partial charge is 0.222 e. The van der Waals surface area contributed by atoms with Gasteiger partial charge in [0.25, 0.3) is 0 Å². The van der Waals surface area contributed by atoms with Crippen LogP contribution in [0.25, 0.3) is 0 Å². The molecule has 0 aromatic heterocycles. The second-order valence-corrected chi connectivity index (χ2v) is 5.98. The van der Waals surface area contributed by atoms with E-state index in [1.165, 1.54) is 6.92 Å². The molecular weight excluding hydrogens is 292 g/mol. The topological polar surface area (TPSA) is 58.6 Å². The van der Waals surface area contributed by atoms with E-state index in [1.807, 2.05) is 24.1 Å². The Bertz CT molecular complexity index is 537. The number of carbonyl (C=O) groups excluding carboxylic acids is 2. The number of piperidine rings is 1. The fourth-order valence-electron chi connectivity index (χ4n) is 2.79. The van der Waals surface area contributed by atoms with E-state index in [9.17, 15) is 9.59 Å². The van der Waals surface area contributed by atoms with Gasteiger partial charge in [0, 0.05) is 31.1 Å². The van der Waals surface area contributed by atoms with Crippen LogP contribution in [0, 0.1) is 0 Å². The normalized spacial score (nSPS) is 15.5. The van der Waals surface area contributed by atoms with Crippen LogP contribution in [0.3, 0.4) is 0 Å². The van der Waals surface area contributed by atoms with Crippen LogP contribution in [0.5, 0.6) is 5.75 Å². The lowest BCUT2D eigenvalue weighted by Gasteiger charge is -2.31. The number of nitrogens with one attached hydrogen (secondary N) is 1. The van der Waals surface area contributed by atoms with Crippen molar-refractivity contribution in [2.24, 2.45) is 0 Å². The minimum atomic E-state index is 0.0237. The van der Waals surface area contributed by atoms with Crippen LogP contribution in [0.1, 0.15) is 43.0 Å². The largest absolute Gasteiger partial charge is 0.494 e. The van der Waals surface area contributed by atoms with Gasteiger partial charge in [0.2, 0.25) is 5.91 Å². The summed E-state index contributed by atoms with van der Waals surface area (Å²) in [6, 6.07) is 7.69. The highest BCUT2D eigenvalue weighted by molar-refractivity contribution is 5.94. The van der Waals surface area contributed by atoms with Gasteiger partial charge in [-0.05, 0) is 45.4 Å². The average Bonchev–Trinajstić information content (AvgIpc) is 2.59. The molecule has 1 saturated heterocycles. The van der Waals surface area contributed by atoms with Gasteiger partial charge in [-0.2, -0.15) is 0 Å². The quantitative estimate of drug-likeness (QED) is 0.619. The van der Waals surface area contributed by atoms with Crippen LogP contribution in [0.4, 0.5) is 0 Å². The molecule has 1 amide bonds. The predicted octanol–water partition coefficient (Wildman–Crippen LogP) is 2.26. The fraction of sp³-hybridized carbons (Fsp3) is 0.556. The monoisotopic (exact) mass is 318 g/mol. The minimum Gasteiger partial charge on any atom is -0.494 e. The molecule has 2 rings (SSSR count). The molecule has 0 saturated carbocycles. The molecule has 0 unspecified atom stereocenters. The number of rotatable bonds is 7. The van der Waals surface area contributed by atoms with Crippen LogP contribution in [-0.4, -0.2) is 49.4 Å². The second kappa shape index (κ2) is 8.67. The highest BCUT2D eigenvalue weighted by Crippen LogP contribution is 2.15. The van der Waals surface area contributed by atoms with Gasteiger partial charge in [-0.3, -0.25) is 9.59 Å². The summed E-state index contributed by atoms with van der Waals surface area (Å²) in [4.78, 5) is 25.4. The van der Waals surface area contributed by atoms with Crippen molar-refractivity contribution in [1.29, 1.82) is 0 Å². The van der Waals surface area contributed by atoms with Crippen molar-refractivity contribution in [2.45, 2.75) is 38.6 Å². The maximum Gasteiger partial charge on any atom is 0.222 e. The zero-order valence-electron chi connectivity index (χ0n) is 14.0. The van der Waals surface area contributed by atoms with Crippen molar-refractivity contribution in [3.63, 3.8) is 0 Å². The first-order valence-corrected chi connectivity index (χ1v) is 8.29. The number of likely N-dealkylation sites (tertiary alicyclic amines) is 1. The first-order valence-electron chi connectivity index (χ1n) is 8.29. The number of ether oxygens (including phenoxy) is 1. The van der Waals surface area contributed by atoms with Crippen LogP contribution in [0.15, 0.2) is 24.3 Å². The molecule has 1 fully saturated rings. The molecule has 5 heteroatoms. The highest BCUT2D eigenvalue weighted by Gasteiger charge is 2.21. The van der Waals surface area contributed by atoms with E-state index in [4.69, 9.17) is 4.74 Å². The Morgan fingerprint density at radius 1 is 1.30 bits per heavy atom. The standard InChI is InChI=1S/C18H26N2O3/c1-14(21)15-5-3-6-17(13-15)23-12-4-7-18(22)20-10-8-16(19-2)9-11-20/h3,5-6,13,16,19H,4,7-12H2,1-2H3. The molecule has 1 aromatic rings. The molecule has 1 aliphatic rings. The summed E-state index contributed by atoms with van der Waals surface area (Å²) in [5.41, 5.74) is 0.644. The number of Topliss-reactive ketones (excluding diaryl/α,β-unsaturated/α-hetero) is 1. The number of hydrogen-bond acceptors (Lipinski definition) is 4. The predicted molar refractivity (Wildman–Crippen MR) is 89.8 cm³/mol. The Hall–Kier alpha value is -1.88. The van der Waals surface area contributed by atoms with Crippen molar-refractivity contribution < 1.29 is 14.3 Å². The summed E-state index contributed by atoms with van der Waals surface area (Å²) in [6.45, 7) is 3.70. The van der Waals surface area contributed by atoms with Crippen molar-refractivity contribution >= 4 is 11.7 Å². The van der Waals surface area contributed by atoms with Crippen LogP contribution >= 0.6 is 0 Å². The number of amides is 1. The van der Waals surface area contributed by atoms with Gasteiger partial charge in [-0.1, -0.05) is 12.1 Å². The zero-order chi connectivity index (χ0) is 16.7. The molecule has 0 radical (unpaired) electrons. The van der Waals surface area contributed by atoms with E-state index >= 15 is 0 Å². The van der Waals surface area contributed by atoms with E-state index in [0.29, 0.717) is 36.8 Å². The van der Waals surface area contributed by atoms with E-state index in [1.54, 1.807) is 12.1 Å². The summed E-state index contributed by atoms with van der Waals surface area (Å²) in [6.07, 6.45) is 3.25. The number of nitrogens with zero attached hydrogens (tertiary/aromatic N) is 1. The molecule has 23 heavy (non-hydrogen) atoms. The third kappa shape index (κ3) is 5.36. The van der Waals surface area contributed by atoms with Crippen LogP contribution in [-0.2, 0) is 4.79 Å². The first-order chi connectivity index (χ1) is 11.1. The fourth-order valence-corrected chi connectivity index (χ4v) is 2.79. The summed E-state index contributed by atoms with van der Waals surface area (Å²) in [5, 5.41) is 3.26. The van der Waals surface area contributed by atoms with Gasteiger partial charge >= 0.3 is 0 Å². The van der Waals surface area contributed by atoms with Crippen LogP contribution < -0.4 is 10.1 Å². The molecule has 1 N–H and O–H groups in total. The Morgan fingerprint density at radius 3 is 2.70 bits per heavy atom. The van der Waals surface area contributed by atoms with Crippen molar-refractivity contribution in [1.82, 2.24) is 10.2 Å². The van der Waals surface area contributed by atoms with E-state index in [-0.39, 0.29) is 11.7 Å². The Labute approximate surface area is 138 Å². The van der Waals surface area contributed by atoms with Crippen molar-refractivity contribution in [3.05, 3.63) is 29.8 Å². The van der Waals surface area contributed by atoms with Gasteiger partial charge in [0.15, 0.2) is 5.78 Å². The molecule has 0 bridgehead atoms. The lowest BCUT2D eigenvalue weighted by Crippen LogP contribution is -2.43. The third-order valence-electron chi connectivity index (χ3n) is 4.30. The van der Waals surface area contributed by atoms with Crippen molar-refractivity contribution in [2.75, 3.05) is 26.7 Å². The molecule has 1 aromatic carbocycles. The summed E-state index contributed by atoms with van der Waals surface area (Å²) < 4.78 is 5.64. The Morgan fingerprint density at radius 2 is 2.04 bits per heavy atom. The minimum absolute atomic E-state index is 0.0237. The van der Waals surface area contributed by atoms with Gasteiger partial charge in [0.05, 0.1) is 6.61 Å². The van der Waals surface area contributed by atoms with Crippen LogP contribution in [0.2, 0.25) is 0 Å². The molecule has 1 aliphatic heterocycles. The van der Waals surface area contributed by atoms with E-state index < -0.39 is 0 Å². The number of benzene rings is 1. The molecule has 126 valence electrons.